The van der Waals surface area contributed by atoms with Gasteiger partial charge >= 0.3 is 17.3 Å². The van der Waals surface area contributed by atoms with Crippen LogP contribution in [0, 0.1) is 6.65 Å². The quantitative estimate of drug-likeness (QED) is 0.103. The Bertz CT molecular complexity index is 605. The number of aliphatic carboxylic acids is 1. The van der Waals surface area contributed by atoms with Gasteiger partial charge in [0.05, 0.1) is 5.75 Å². The molecule has 0 spiro atoms. The molecule has 169 valence electrons. The number of hydrogen-bond donors (Lipinski definition) is 6. The average Bonchev–Trinajstić information content (AvgIpc) is 2.74. The van der Waals surface area contributed by atoms with Crippen LogP contribution in [0.25, 0.3) is 0 Å². The monoisotopic (exact) mass is 577 g/mol. The molecule has 3 N–H and O–H groups in total. The third-order valence-electron chi connectivity index (χ3n) is 2.96. The first kappa shape index (κ1) is 34.0. The van der Waals surface area contributed by atoms with Gasteiger partial charge in [0, 0.05) is 38.0 Å². The fourth-order valence-electron chi connectivity index (χ4n) is 1.82. The molecule has 0 aliphatic carbocycles. The van der Waals surface area contributed by atoms with E-state index in [2.05, 4.69) is 55.2 Å². The summed E-state index contributed by atoms with van der Waals surface area (Å²) in [6.07, 6.45) is 0.284. The number of hydrogen-bond acceptors (Lipinski definition) is 7. The van der Waals surface area contributed by atoms with E-state index in [0.29, 0.717) is 0 Å². The van der Waals surface area contributed by atoms with Gasteiger partial charge < -0.3 is 15.7 Å². The van der Waals surface area contributed by atoms with Crippen LogP contribution < -0.4 is 10.6 Å². The van der Waals surface area contributed by atoms with Crippen LogP contribution >= 0.6 is 49.6 Å². The number of thioether (sulfide) groups is 1. The first-order valence-electron chi connectivity index (χ1n) is 8.38. The zero-order valence-corrected chi connectivity index (χ0v) is 21.5. The number of carboxylic acids is 1. The zero-order chi connectivity index (χ0) is 22.5. The van der Waals surface area contributed by atoms with Crippen molar-refractivity contribution in [2.24, 2.45) is 0 Å². The van der Waals surface area contributed by atoms with Gasteiger partial charge in [0.1, 0.15) is 12.6 Å². The van der Waals surface area contributed by atoms with E-state index < -0.39 is 24.5 Å². The van der Waals surface area contributed by atoms with Crippen molar-refractivity contribution in [3.63, 3.8) is 0 Å². The van der Waals surface area contributed by atoms with Crippen LogP contribution in [-0.2, 0) is 45.6 Å². The average molecular weight is 578 g/mol. The Kier molecular flexibility index (Phi) is 28.0. The van der Waals surface area contributed by atoms with Crippen molar-refractivity contribution >= 4 is 67.4 Å². The fraction of sp³-hybridized carbons (Fsp3) is 0.444. The van der Waals surface area contributed by atoms with Crippen molar-refractivity contribution in [1.29, 1.82) is 0 Å². The molecule has 0 heterocycles. The molecular weight excluding hydrogens is 551 g/mol. The minimum atomic E-state index is -1.14. The van der Waals surface area contributed by atoms with E-state index in [1.54, 1.807) is 0 Å². The third kappa shape index (κ3) is 20.7. The first-order chi connectivity index (χ1) is 13.9. The summed E-state index contributed by atoms with van der Waals surface area (Å²) in [4.78, 5) is 33.7. The van der Waals surface area contributed by atoms with Crippen molar-refractivity contribution in [3.8, 4) is 0 Å². The van der Waals surface area contributed by atoms with Crippen molar-refractivity contribution in [2.75, 3.05) is 35.3 Å². The van der Waals surface area contributed by atoms with Gasteiger partial charge in [-0.1, -0.05) is 30.3 Å². The number of carboxylic acid groups (broad SMARTS) is 1. The Morgan fingerprint density at radius 3 is 2.03 bits per heavy atom. The molecule has 0 aromatic heterocycles. The van der Waals surface area contributed by atoms with Gasteiger partial charge in [0.25, 0.3) is 0 Å². The van der Waals surface area contributed by atoms with Crippen LogP contribution in [0.4, 0.5) is 0 Å². The second-order valence-corrected chi connectivity index (χ2v) is 7.57. The number of benzene rings is 1. The molecule has 1 aromatic carbocycles. The topological polar surface area (TPSA) is 115 Å². The van der Waals surface area contributed by atoms with Gasteiger partial charge in [-0.3, -0.25) is 14.4 Å². The van der Waals surface area contributed by atoms with Gasteiger partial charge in [0.15, 0.2) is 0 Å². The molecule has 0 fully saturated rings. The second kappa shape index (κ2) is 24.7. The predicted octanol–water partition coefficient (Wildman–Crippen LogP) is 1.38. The van der Waals surface area contributed by atoms with Gasteiger partial charge in [-0.25, -0.2) is 0 Å². The van der Waals surface area contributed by atoms with E-state index >= 15 is 0 Å². The van der Waals surface area contributed by atoms with Gasteiger partial charge in [-0.2, -0.15) is 49.6 Å². The summed E-state index contributed by atoms with van der Waals surface area (Å²) in [5, 5.41) is 13.3. The summed E-state index contributed by atoms with van der Waals surface area (Å²) in [5.74, 6) is 2.17. The van der Waals surface area contributed by atoms with E-state index in [1.807, 2.05) is 42.1 Å². The van der Waals surface area contributed by atoms with E-state index in [-0.39, 0.29) is 38.2 Å². The van der Waals surface area contributed by atoms with Crippen molar-refractivity contribution in [2.45, 2.75) is 12.5 Å². The Morgan fingerprint density at radius 2 is 1.60 bits per heavy atom. The number of thiol groups is 3. The summed E-state index contributed by atoms with van der Waals surface area (Å²) in [6, 6.07) is 8.31. The van der Waals surface area contributed by atoms with Crippen LogP contribution in [0.2, 0.25) is 0 Å². The molecule has 0 unspecified atom stereocenters. The number of rotatable bonds is 11. The fourth-order valence-corrected chi connectivity index (χ4v) is 3.14. The van der Waals surface area contributed by atoms with E-state index in [1.165, 1.54) is 0 Å². The second-order valence-electron chi connectivity index (χ2n) is 5.14. The third-order valence-corrected chi connectivity index (χ3v) is 5.29. The Labute approximate surface area is 211 Å². The van der Waals surface area contributed by atoms with Crippen LogP contribution in [0.3, 0.4) is 0 Å². The van der Waals surface area contributed by atoms with Crippen LogP contribution in [0.1, 0.15) is 5.56 Å². The Balaban J connectivity index is -0.000000620. The molecule has 0 bridgehead atoms. The molecule has 30 heavy (non-hydrogen) atoms. The molecule has 7 nitrogen and oxygen atoms in total. The molecule has 12 heteroatoms. The van der Waals surface area contributed by atoms with E-state index in [0.717, 1.165) is 28.6 Å². The summed E-state index contributed by atoms with van der Waals surface area (Å²) in [5.41, 5.74) is 0.863. The molecule has 1 aromatic rings. The SMILES string of the molecule is O=C(O)CNC(=O)[C@H](Cc1ccccc1)NC(=O)CS.SCCSCCS.[99Tc].[C-]#[O+]. The maximum absolute atomic E-state index is 11.9. The Morgan fingerprint density at radius 1 is 1.07 bits per heavy atom. The zero-order valence-electron chi connectivity index (χ0n) is 16.1. The molecule has 0 aliphatic heterocycles. The number of carbonyl (C=O) groups is 3. The van der Waals surface area contributed by atoms with Crippen LogP contribution in [0.5, 0.6) is 0 Å². The predicted molar refractivity (Wildman–Crippen MR) is 126 cm³/mol. The number of nitrogens with one attached hydrogen (secondary N) is 2. The molecular formula is C18H26N2O5S4Tc. The first-order valence-corrected chi connectivity index (χ1v) is 11.4. The van der Waals surface area contributed by atoms with E-state index in [9.17, 15) is 14.4 Å². The standard InChI is InChI=1S/C13H16N2O4S.C4H10S3.CO.Tc/c16-11(8-20)15-10(13(19)14-7-12(17)18)6-9-4-2-1-3-5-9;5-1-3-7-4-2-6;1-2;/h1-5,10,20H,6-8H2,(H,14,19)(H,15,16)(H,17,18);5-6H,1-4H2;;/t10-;;;/m0.../s1/i;;;1+1. The minimum absolute atomic E-state index is 0. The molecule has 0 saturated carbocycles. The molecule has 1 radical (unpaired) electrons. The number of amides is 2. The molecule has 0 saturated heterocycles. The van der Waals surface area contributed by atoms with Gasteiger partial charge in [-0.15, -0.1) is 0 Å². The maximum atomic E-state index is 11.9. The summed E-state index contributed by atoms with van der Waals surface area (Å²) in [6.45, 7) is 4.01. The van der Waals surface area contributed by atoms with Gasteiger partial charge in [-0.05, 0) is 17.1 Å². The van der Waals surface area contributed by atoms with Crippen molar-refractivity contribution in [1.82, 2.24) is 10.6 Å². The Hall–Kier alpha value is -0.581. The van der Waals surface area contributed by atoms with Crippen molar-refractivity contribution in [3.05, 3.63) is 42.5 Å². The summed E-state index contributed by atoms with van der Waals surface area (Å²) in [7, 11) is 0. The van der Waals surface area contributed by atoms with E-state index in [4.69, 9.17) is 9.76 Å². The molecule has 0 aliphatic rings. The van der Waals surface area contributed by atoms with Crippen LogP contribution in [0.15, 0.2) is 30.3 Å². The number of carbonyl (C=O) groups excluding carboxylic acids is 2. The molecule has 1 atom stereocenters. The van der Waals surface area contributed by atoms with Crippen molar-refractivity contribution < 1.29 is 44.2 Å². The normalized spacial score (nSPS) is 9.90. The summed E-state index contributed by atoms with van der Waals surface area (Å²) < 4.78 is 7.50. The molecule has 1 rings (SSSR count). The van der Waals surface area contributed by atoms with Gasteiger partial charge in [0.2, 0.25) is 11.8 Å². The van der Waals surface area contributed by atoms with Crippen LogP contribution in [-0.4, -0.2) is 64.2 Å². The molecule has 2 amide bonds. The summed E-state index contributed by atoms with van der Waals surface area (Å²) >= 11 is 13.8.